The summed E-state index contributed by atoms with van der Waals surface area (Å²) in [5.74, 6) is 1.66. The maximum absolute atomic E-state index is 12.6. The number of hydrogen-bond acceptors (Lipinski definition) is 4. The van der Waals surface area contributed by atoms with Gasteiger partial charge < -0.3 is 14.2 Å². The van der Waals surface area contributed by atoms with E-state index in [4.69, 9.17) is 4.74 Å². The number of imidazole rings is 1. The highest BCUT2D eigenvalue weighted by molar-refractivity contribution is 5.92. The fourth-order valence-corrected chi connectivity index (χ4v) is 3.12. The molecule has 7 nitrogen and oxygen atoms in total. The molecule has 3 aromatic rings. The molecule has 25 heavy (non-hydrogen) atoms. The lowest BCUT2D eigenvalue weighted by molar-refractivity contribution is 0.0701. The van der Waals surface area contributed by atoms with Crippen molar-refractivity contribution in [2.24, 2.45) is 7.05 Å². The second-order valence-electron chi connectivity index (χ2n) is 6.04. The summed E-state index contributed by atoms with van der Waals surface area (Å²) in [6.07, 6.45) is 3.64. The Hall–Kier alpha value is -3.09. The number of benzene rings is 1. The zero-order valence-electron chi connectivity index (χ0n) is 14.2. The molecule has 0 N–H and O–H groups in total. The summed E-state index contributed by atoms with van der Waals surface area (Å²) >= 11 is 0. The number of nitrogens with zero attached hydrogens (tertiary/aromatic N) is 5. The van der Waals surface area contributed by atoms with E-state index in [1.165, 1.54) is 0 Å². The smallest absolute Gasteiger partial charge is 0.274 e. The van der Waals surface area contributed by atoms with Crippen molar-refractivity contribution in [2.75, 3.05) is 13.7 Å². The molecule has 1 aliphatic rings. The Morgan fingerprint density at radius 3 is 2.64 bits per heavy atom. The fraction of sp³-hybridized carbons (Fsp3) is 0.278. The summed E-state index contributed by atoms with van der Waals surface area (Å²) in [5, 5.41) is 4.20. The van der Waals surface area contributed by atoms with E-state index < -0.39 is 0 Å². The largest absolute Gasteiger partial charge is 0.497 e. The molecule has 0 unspecified atom stereocenters. The molecule has 0 saturated heterocycles. The Kier molecular flexibility index (Phi) is 3.76. The molecule has 3 heterocycles. The van der Waals surface area contributed by atoms with Crippen LogP contribution in [0, 0.1) is 0 Å². The van der Waals surface area contributed by atoms with Gasteiger partial charge >= 0.3 is 0 Å². The lowest BCUT2D eigenvalue weighted by atomic mass is 10.1. The van der Waals surface area contributed by atoms with Gasteiger partial charge in [-0.05, 0) is 30.3 Å². The molecule has 0 atom stereocenters. The van der Waals surface area contributed by atoms with Gasteiger partial charge in [0.25, 0.3) is 5.91 Å². The predicted octanol–water partition coefficient (Wildman–Crippen LogP) is 1.95. The van der Waals surface area contributed by atoms with Crippen LogP contribution in [-0.4, -0.2) is 43.8 Å². The Labute approximate surface area is 145 Å². The average molecular weight is 337 g/mol. The molecule has 0 radical (unpaired) electrons. The van der Waals surface area contributed by atoms with Gasteiger partial charge in [0.1, 0.15) is 17.3 Å². The van der Waals surface area contributed by atoms with Crippen LogP contribution in [0.25, 0.3) is 11.3 Å². The van der Waals surface area contributed by atoms with Gasteiger partial charge in [0.05, 0.1) is 25.5 Å². The van der Waals surface area contributed by atoms with Crippen LogP contribution in [-0.2, 0) is 20.1 Å². The van der Waals surface area contributed by atoms with Crippen molar-refractivity contribution in [3.05, 3.63) is 54.2 Å². The fourth-order valence-electron chi connectivity index (χ4n) is 3.12. The molecule has 1 aliphatic heterocycles. The molecule has 0 fully saturated rings. The monoisotopic (exact) mass is 337 g/mol. The minimum absolute atomic E-state index is 0.0548. The van der Waals surface area contributed by atoms with E-state index in [-0.39, 0.29) is 5.91 Å². The summed E-state index contributed by atoms with van der Waals surface area (Å²) in [7, 11) is 3.46. The standard InChI is InChI=1S/C18H19N5O2/c1-21-8-7-15(20-21)18(24)22-9-10-23-16(11-19-17(23)12-22)13-3-5-14(25-2)6-4-13/h3-8,11H,9-10,12H2,1-2H3. The number of hydrogen-bond donors (Lipinski definition) is 0. The third-order valence-corrected chi connectivity index (χ3v) is 4.47. The van der Waals surface area contributed by atoms with Crippen molar-refractivity contribution in [1.29, 1.82) is 0 Å². The van der Waals surface area contributed by atoms with Crippen molar-refractivity contribution in [1.82, 2.24) is 24.2 Å². The normalized spacial score (nSPS) is 13.6. The molecular weight excluding hydrogens is 318 g/mol. The maximum Gasteiger partial charge on any atom is 0.274 e. The molecular formula is C18H19N5O2. The number of aromatic nitrogens is 4. The van der Waals surface area contributed by atoms with Gasteiger partial charge in [-0.1, -0.05) is 0 Å². The Morgan fingerprint density at radius 2 is 1.96 bits per heavy atom. The van der Waals surface area contributed by atoms with Gasteiger partial charge in [-0.25, -0.2) is 4.98 Å². The Morgan fingerprint density at radius 1 is 1.16 bits per heavy atom. The lowest BCUT2D eigenvalue weighted by Gasteiger charge is -2.28. The molecule has 0 bridgehead atoms. The van der Waals surface area contributed by atoms with Gasteiger partial charge in [0.2, 0.25) is 0 Å². The van der Waals surface area contributed by atoms with Gasteiger partial charge in [-0.15, -0.1) is 0 Å². The zero-order chi connectivity index (χ0) is 17.4. The number of fused-ring (bicyclic) bond motifs is 1. The molecule has 1 amide bonds. The number of amides is 1. The van der Waals surface area contributed by atoms with Crippen LogP contribution in [0.1, 0.15) is 16.3 Å². The van der Waals surface area contributed by atoms with E-state index >= 15 is 0 Å². The number of carbonyl (C=O) groups excluding carboxylic acids is 1. The SMILES string of the molecule is COc1ccc(-c2cnc3n2CCN(C(=O)c2ccn(C)n2)C3)cc1. The zero-order valence-corrected chi connectivity index (χ0v) is 14.2. The number of rotatable bonds is 3. The highest BCUT2D eigenvalue weighted by Gasteiger charge is 2.25. The molecule has 0 aliphatic carbocycles. The molecule has 1 aromatic carbocycles. The third-order valence-electron chi connectivity index (χ3n) is 4.47. The van der Waals surface area contributed by atoms with Crippen LogP contribution in [0.15, 0.2) is 42.7 Å². The van der Waals surface area contributed by atoms with E-state index in [0.29, 0.717) is 18.8 Å². The van der Waals surface area contributed by atoms with E-state index in [2.05, 4.69) is 14.6 Å². The molecule has 0 spiro atoms. The molecule has 4 rings (SSSR count). The van der Waals surface area contributed by atoms with Crippen LogP contribution < -0.4 is 4.74 Å². The summed E-state index contributed by atoms with van der Waals surface area (Å²) < 4.78 is 9.02. The number of carbonyl (C=O) groups is 1. The predicted molar refractivity (Wildman–Crippen MR) is 92.2 cm³/mol. The van der Waals surface area contributed by atoms with E-state index in [9.17, 15) is 4.79 Å². The first-order chi connectivity index (χ1) is 12.2. The first-order valence-corrected chi connectivity index (χ1v) is 8.13. The Balaban J connectivity index is 1.57. The van der Waals surface area contributed by atoms with Crippen molar-refractivity contribution in [3.8, 4) is 17.0 Å². The van der Waals surface area contributed by atoms with Crippen LogP contribution >= 0.6 is 0 Å². The average Bonchev–Trinajstić information content (AvgIpc) is 3.27. The van der Waals surface area contributed by atoms with Gasteiger partial charge in [0, 0.05) is 31.9 Å². The molecule has 2 aromatic heterocycles. The van der Waals surface area contributed by atoms with Gasteiger partial charge in [-0.2, -0.15) is 5.10 Å². The molecule has 128 valence electrons. The van der Waals surface area contributed by atoms with Crippen LogP contribution in [0.4, 0.5) is 0 Å². The van der Waals surface area contributed by atoms with E-state index in [1.54, 1.807) is 36.0 Å². The van der Waals surface area contributed by atoms with Crippen molar-refractivity contribution >= 4 is 5.91 Å². The number of ether oxygens (including phenoxy) is 1. The summed E-state index contributed by atoms with van der Waals surface area (Å²) in [4.78, 5) is 18.9. The van der Waals surface area contributed by atoms with Crippen LogP contribution in [0.5, 0.6) is 5.75 Å². The minimum atomic E-state index is -0.0548. The third kappa shape index (κ3) is 2.77. The highest BCUT2D eigenvalue weighted by atomic mass is 16.5. The molecule has 7 heteroatoms. The number of methoxy groups -OCH3 is 1. The molecule has 0 saturated carbocycles. The number of aryl methyl sites for hydroxylation is 1. The van der Waals surface area contributed by atoms with Crippen molar-refractivity contribution < 1.29 is 9.53 Å². The Bertz CT molecular complexity index is 910. The van der Waals surface area contributed by atoms with Crippen LogP contribution in [0.3, 0.4) is 0 Å². The van der Waals surface area contributed by atoms with Crippen molar-refractivity contribution in [2.45, 2.75) is 13.1 Å². The second-order valence-corrected chi connectivity index (χ2v) is 6.04. The topological polar surface area (TPSA) is 65.2 Å². The lowest BCUT2D eigenvalue weighted by Crippen LogP contribution is -2.38. The van der Waals surface area contributed by atoms with E-state index in [1.807, 2.05) is 30.5 Å². The maximum atomic E-state index is 12.6. The minimum Gasteiger partial charge on any atom is -0.497 e. The summed E-state index contributed by atoms with van der Waals surface area (Å²) in [5.41, 5.74) is 2.62. The first-order valence-electron chi connectivity index (χ1n) is 8.13. The highest BCUT2D eigenvalue weighted by Crippen LogP contribution is 2.26. The second kappa shape index (κ2) is 6.08. The van der Waals surface area contributed by atoms with Crippen molar-refractivity contribution in [3.63, 3.8) is 0 Å². The van der Waals surface area contributed by atoms with E-state index in [0.717, 1.165) is 29.4 Å². The van der Waals surface area contributed by atoms with Gasteiger partial charge in [-0.3, -0.25) is 9.48 Å². The first kappa shape index (κ1) is 15.4. The summed E-state index contributed by atoms with van der Waals surface area (Å²) in [6, 6.07) is 9.67. The quantitative estimate of drug-likeness (QED) is 0.733. The summed E-state index contributed by atoms with van der Waals surface area (Å²) in [6.45, 7) is 1.85. The van der Waals surface area contributed by atoms with Crippen LogP contribution in [0.2, 0.25) is 0 Å². The van der Waals surface area contributed by atoms with Gasteiger partial charge in [0.15, 0.2) is 0 Å².